The molecule has 2 amide bonds. The molecule has 1 aliphatic heterocycles. The van der Waals surface area contributed by atoms with Crippen molar-refractivity contribution in [1.29, 1.82) is 0 Å². The average Bonchev–Trinajstić information content (AvgIpc) is 3.34. The monoisotopic (exact) mass is 364 g/mol. The van der Waals surface area contributed by atoms with E-state index >= 15 is 0 Å². The van der Waals surface area contributed by atoms with Gasteiger partial charge in [-0.25, -0.2) is 0 Å². The fourth-order valence-corrected chi connectivity index (χ4v) is 3.66. The first kappa shape index (κ1) is 17.4. The van der Waals surface area contributed by atoms with Crippen molar-refractivity contribution >= 4 is 22.7 Å². The summed E-state index contributed by atoms with van der Waals surface area (Å²) in [6, 6.07) is 13.8. The highest BCUT2D eigenvalue weighted by atomic mass is 16.2. The molecule has 0 aliphatic carbocycles. The zero-order valence-corrected chi connectivity index (χ0v) is 15.7. The van der Waals surface area contributed by atoms with Gasteiger partial charge in [0.1, 0.15) is 11.4 Å². The van der Waals surface area contributed by atoms with Gasteiger partial charge in [-0.15, -0.1) is 0 Å². The number of para-hydroxylation sites is 1. The maximum Gasteiger partial charge on any atom is 0.270 e. The van der Waals surface area contributed by atoms with Crippen molar-refractivity contribution in [2.75, 3.05) is 26.2 Å². The number of nitrogens with one attached hydrogen (secondary N) is 1. The topological polar surface area (TPSA) is 61.3 Å². The van der Waals surface area contributed by atoms with E-state index in [0.717, 1.165) is 10.9 Å². The molecule has 6 heteroatoms. The second kappa shape index (κ2) is 6.95. The smallest absolute Gasteiger partial charge is 0.270 e. The zero-order chi connectivity index (χ0) is 19.0. The number of piperazine rings is 1. The lowest BCUT2D eigenvalue weighted by atomic mass is 10.2. The van der Waals surface area contributed by atoms with Crippen molar-refractivity contribution in [3.05, 3.63) is 60.0 Å². The van der Waals surface area contributed by atoms with Gasteiger partial charge in [-0.2, -0.15) is 0 Å². The Bertz CT molecular complexity index is 944. The van der Waals surface area contributed by atoms with Gasteiger partial charge in [0.15, 0.2) is 0 Å². The molecule has 4 rings (SSSR count). The van der Waals surface area contributed by atoms with Gasteiger partial charge in [-0.3, -0.25) is 9.59 Å². The predicted octanol–water partition coefficient (Wildman–Crippen LogP) is 3.15. The van der Waals surface area contributed by atoms with Crippen LogP contribution >= 0.6 is 0 Å². The van der Waals surface area contributed by atoms with E-state index in [9.17, 15) is 9.59 Å². The van der Waals surface area contributed by atoms with E-state index in [-0.39, 0.29) is 17.9 Å². The Morgan fingerprint density at radius 1 is 0.926 bits per heavy atom. The number of amides is 2. The predicted molar refractivity (Wildman–Crippen MR) is 105 cm³/mol. The Labute approximate surface area is 158 Å². The fraction of sp³-hybridized carbons (Fsp3) is 0.333. The molecule has 1 fully saturated rings. The molecule has 3 aromatic rings. The first-order chi connectivity index (χ1) is 13.0. The molecular weight excluding hydrogens is 340 g/mol. The maximum atomic E-state index is 12.8. The second-order valence-corrected chi connectivity index (χ2v) is 7.25. The third kappa shape index (κ3) is 3.23. The number of rotatable bonds is 3. The van der Waals surface area contributed by atoms with Crippen LogP contribution in [0.3, 0.4) is 0 Å². The summed E-state index contributed by atoms with van der Waals surface area (Å²) in [6.45, 7) is 6.31. The summed E-state index contributed by atoms with van der Waals surface area (Å²) in [4.78, 5) is 32.5. The Kier molecular flexibility index (Phi) is 4.48. The number of carbonyl (C=O) groups excluding carboxylic acids is 2. The number of aromatic nitrogens is 2. The van der Waals surface area contributed by atoms with Gasteiger partial charge in [0.25, 0.3) is 11.8 Å². The van der Waals surface area contributed by atoms with Crippen molar-refractivity contribution in [1.82, 2.24) is 19.4 Å². The van der Waals surface area contributed by atoms with Crippen LogP contribution in [0.15, 0.2) is 48.7 Å². The van der Waals surface area contributed by atoms with Crippen LogP contribution in [0, 0.1) is 0 Å². The van der Waals surface area contributed by atoms with E-state index in [1.165, 1.54) is 0 Å². The molecule has 0 atom stereocenters. The van der Waals surface area contributed by atoms with Gasteiger partial charge >= 0.3 is 0 Å². The highest BCUT2D eigenvalue weighted by Crippen LogP contribution is 2.18. The molecule has 140 valence electrons. The SMILES string of the molecule is CC(C)n1cccc1C(=O)N1CCN(C(=O)c2cc3ccccc3[nH]2)CC1. The number of hydrogen-bond donors (Lipinski definition) is 1. The Morgan fingerprint density at radius 3 is 2.26 bits per heavy atom. The molecule has 0 saturated carbocycles. The van der Waals surface area contributed by atoms with Crippen molar-refractivity contribution in [2.24, 2.45) is 0 Å². The lowest BCUT2D eigenvalue weighted by Gasteiger charge is -2.34. The van der Waals surface area contributed by atoms with Crippen LogP contribution in [-0.4, -0.2) is 57.3 Å². The van der Waals surface area contributed by atoms with Gasteiger partial charge in [0.2, 0.25) is 0 Å². The molecule has 27 heavy (non-hydrogen) atoms. The van der Waals surface area contributed by atoms with Crippen LogP contribution < -0.4 is 0 Å². The summed E-state index contributed by atoms with van der Waals surface area (Å²) in [5, 5.41) is 1.03. The molecule has 0 bridgehead atoms. The van der Waals surface area contributed by atoms with Crippen LogP contribution in [0.1, 0.15) is 40.9 Å². The average molecular weight is 364 g/mol. The Hall–Kier alpha value is -3.02. The number of hydrogen-bond acceptors (Lipinski definition) is 2. The molecular formula is C21H24N4O2. The van der Waals surface area contributed by atoms with Crippen LogP contribution in [0.5, 0.6) is 0 Å². The van der Waals surface area contributed by atoms with Gasteiger partial charge in [-0.1, -0.05) is 18.2 Å². The van der Waals surface area contributed by atoms with E-state index < -0.39 is 0 Å². The normalized spacial score (nSPS) is 14.9. The number of benzene rings is 1. The van der Waals surface area contributed by atoms with E-state index in [2.05, 4.69) is 18.8 Å². The third-order valence-corrected chi connectivity index (χ3v) is 5.17. The zero-order valence-electron chi connectivity index (χ0n) is 15.7. The number of fused-ring (bicyclic) bond motifs is 1. The summed E-state index contributed by atoms with van der Waals surface area (Å²) in [7, 11) is 0. The molecule has 2 aromatic heterocycles. The van der Waals surface area contributed by atoms with Gasteiger partial charge in [-0.05, 0) is 38.1 Å². The summed E-state index contributed by atoms with van der Waals surface area (Å²) in [5.74, 6) is 0.0234. The molecule has 6 nitrogen and oxygen atoms in total. The molecule has 0 radical (unpaired) electrons. The van der Waals surface area contributed by atoms with Gasteiger partial charge in [0, 0.05) is 49.3 Å². The Morgan fingerprint density at radius 2 is 1.59 bits per heavy atom. The third-order valence-electron chi connectivity index (χ3n) is 5.17. The minimum Gasteiger partial charge on any atom is -0.351 e. The number of carbonyl (C=O) groups is 2. The highest BCUT2D eigenvalue weighted by Gasteiger charge is 2.27. The molecule has 1 aromatic carbocycles. The molecule has 1 aliphatic rings. The van der Waals surface area contributed by atoms with Gasteiger partial charge in [0.05, 0.1) is 0 Å². The summed E-state index contributed by atoms with van der Waals surface area (Å²) in [6.07, 6.45) is 1.94. The quantitative estimate of drug-likeness (QED) is 0.776. The van der Waals surface area contributed by atoms with Crippen molar-refractivity contribution in [2.45, 2.75) is 19.9 Å². The first-order valence-electron chi connectivity index (χ1n) is 9.38. The maximum absolute atomic E-state index is 12.8. The van der Waals surface area contributed by atoms with Crippen molar-refractivity contribution in [3.63, 3.8) is 0 Å². The fourth-order valence-electron chi connectivity index (χ4n) is 3.66. The summed E-state index contributed by atoms with van der Waals surface area (Å²) < 4.78 is 1.99. The van der Waals surface area contributed by atoms with Crippen molar-refractivity contribution < 1.29 is 9.59 Å². The first-order valence-corrected chi connectivity index (χ1v) is 9.38. The molecule has 3 heterocycles. The molecule has 1 N–H and O–H groups in total. The van der Waals surface area contributed by atoms with E-state index in [0.29, 0.717) is 37.6 Å². The molecule has 1 saturated heterocycles. The van der Waals surface area contributed by atoms with Crippen LogP contribution in [-0.2, 0) is 0 Å². The minimum absolute atomic E-state index is 0.0103. The van der Waals surface area contributed by atoms with Crippen LogP contribution in [0.4, 0.5) is 0 Å². The van der Waals surface area contributed by atoms with Crippen LogP contribution in [0.2, 0.25) is 0 Å². The molecule has 0 unspecified atom stereocenters. The van der Waals surface area contributed by atoms with E-state index in [1.807, 2.05) is 63.0 Å². The lowest BCUT2D eigenvalue weighted by molar-refractivity contribution is 0.0526. The van der Waals surface area contributed by atoms with Gasteiger partial charge < -0.3 is 19.4 Å². The number of H-pyrrole nitrogens is 1. The van der Waals surface area contributed by atoms with E-state index in [1.54, 1.807) is 0 Å². The van der Waals surface area contributed by atoms with Crippen molar-refractivity contribution in [3.8, 4) is 0 Å². The van der Waals surface area contributed by atoms with E-state index in [4.69, 9.17) is 0 Å². The number of aromatic amines is 1. The lowest BCUT2D eigenvalue weighted by Crippen LogP contribution is -2.51. The van der Waals surface area contributed by atoms with Crippen LogP contribution in [0.25, 0.3) is 10.9 Å². The number of nitrogens with zero attached hydrogens (tertiary/aromatic N) is 3. The molecule has 0 spiro atoms. The summed E-state index contributed by atoms with van der Waals surface area (Å²) >= 11 is 0. The second-order valence-electron chi connectivity index (χ2n) is 7.25. The summed E-state index contributed by atoms with van der Waals surface area (Å²) in [5.41, 5.74) is 2.27. The largest absolute Gasteiger partial charge is 0.351 e. The minimum atomic E-state index is -0.0103. The standard InChI is InChI=1S/C21H24N4O2/c1-15(2)25-9-5-8-19(25)21(27)24-12-10-23(11-13-24)20(26)18-14-16-6-3-4-7-17(16)22-18/h3-9,14-15,22H,10-13H2,1-2H3. The highest BCUT2D eigenvalue weighted by molar-refractivity contribution is 5.98. The Balaban J connectivity index is 1.43.